The zero-order chi connectivity index (χ0) is 13.2. The number of fused-ring (bicyclic) bond motifs is 1. The first-order chi connectivity index (χ1) is 9.24. The van der Waals surface area contributed by atoms with Crippen LogP contribution in [-0.4, -0.2) is 0 Å². The van der Waals surface area contributed by atoms with Crippen LogP contribution in [0.15, 0.2) is 18.2 Å². The second-order valence-corrected chi connectivity index (χ2v) is 6.78. The first-order valence-corrected chi connectivity index (χ1v) is 8.11. The van der Waals surface area contributed by atoms with Crippen molar-refractivity contribution in [1.82, 2.24) is 0 Å². The summed E-state index contributed by atoms with van der Waals surface area (Å²) in [4.78, 5) is 0. The van der Waals surface area contributed by atoms with Crippen LogP contribution in [0, 0.1) is 11.8 Å². The van der Waals surface area contributed by atoms with E-state index in [1.165, 1.54) is 56.9 Å². The lowest BCUT2D eigenvalue weighted by atomic mass is 9.77. The average molecular weight is 257 g/mol. The molecule has 1 heteroatoms. The van der Waals surface area contributed by atoms with Crippen LogP contribution in [-0.2, 0) is 12.8 Å². The highest BCUT2D eigenvalue weighted by Gasteiger charge is 2.25. The van der Waals surface area contributed by atoms with E-state index in [2.05, 4.69) is 25.1 Å². The second kappa shape index (κ2) is 5.66. The van der Waals surface area contributed by atoms with E-state index in [0.717, 1.165) is 5.92 Å². The Morgan fingerprint density at radius 2 is 1.68 bits per heavy atom. The molecule has 1 nitrogen and oxygen atoms in total. The molecule has 1 atom stereocenters. The number of rotatable bonds is 2. The van der Waals surface area contributed by atoms with Crippen molar-refractivity contribution in [2.75, 3.05) is 0 Å². The molecule has 0 heterocycles. The van der Waals surface area contributed by atoms with Crippen LogP contribution in [0.25, 0.3) is 0 Å². The summed E-state index contributed by atoms with van der Waals surface area (Å²) < 4.78 is 0. The molecule has 19 heavy (non-hydrogen) atoms. The molecule has 1 fully saturated rings. The average Bonchev–Trinajstić information content (AvgIpc) is 2.47. The van der Waals surface area contributed by atoms with Gasteiger partial charge in [0.05, 0.1) is 0 Å². The Bertz CT molecular complexity index is 429. The molecule has 2 aliphatic rings. The molecule has 104 valence electrons. The van der Waals surface area contributed by atoms with Crippen molar-refractivity contribution in [2.45, 2.75) is 64.3 Å². The molecule has 0 bridgehead atoms. The minimum Gasteiger partial charge on any atom is -0.324 e. The topological polar surface area (TPSA) is 26.0 Å². The minimum absolute atomic E-state index is 0.264. The third-order valence-corrected chi connectivity index (χ3v) is 5.33. The van der Waals surface area contributed by atoms with Crippen molar-refractivity contribution in [2.24, 2.45) is 17.6 Å². The van der Waals surface area contributed by atoms with E-state index in [1.807, 2.05) is 0 Å². The summed E-state index contributed by atoms with van der Waals surface area (Å²) in [6, 6.07) is 7.32. The molecule has 0 aliphatic heterocycles. The van der Waals surface area contributed by atoms with Gasteiger partial charge in [-0.3, -0.25) is 0 Å². The third-order valence-electron chi connectivity index (χ3n) is 5.33. The molecule has 3 rings (SSSR count). The Morgan fingerprint density at radius 3 is 2.42 bits per heavy atom. The Labute approximate surface area is 117 Å². The van der Waals surface area contributed by atoms with Gasteiger partial charge in [0.15, 0.2) is 0 Å². The molecule has 2 aliphatic carbocycles. The van der Waals surface area contributed by atoms with Crippen molar-refractivity contribution >= 4 is 0 Å². The number of benzene rings is 1. The summed E-state index contributed by atoms with van der Waals surface area (Å²) in [7, 11) is 0. The first kappa shape index (κ1) is 13.2. The summed E-state index contributed by atoms with van der Waals surface area (Å²) in [6.45, 7) is 2.38. The van der Waals surface area contributed by atoms with E-state index in [0.29, 0.717) is 5.92 Å². The number of aryl methyl sites for hydroxylation is 2. The van der Waals surface area contributed by atoms with Crippen LogP contribution in [0.3, 0.4) is 0 Å². The zero-order valence-electron chi connectivity index (χ0n) is 12.2. The van der Waals surface area contributed by atoms with Crippen LogP contribution in [0.1, 0.15) is 68.2 Å². The molecular weight excluding hydrogens is 230 g/mol. The van der Waals surface area contributed by atoms with Gasteiger partial charge in [-0.2, -0.15) is 0 Å². The van der Waals surface area contributed by atoms with Gasteiger partial charge in [0.1, 0.15) is 0 Å². The summed E-state index contributed by atoms with van der Waals surface area (Å²) in [6.07, 6.45) is 10.6. The smallest absolute Gasteiger partial charge is 0.0323 e. The largest absolute Gasteiger partial charge is 0.324 e. The maximum Gasteiger partial charge on any atom is 0.0323 e. The van der Waals surface area contributed by atoms with Crippen molar-refractivity contribution in [3.05, 3.63) is 34.9 Å². The van der Waals surface area contributed by atoms with Gasteiger partial charge in [-0.15, -0.1) is 0 Å². The van der Waals surface area contributed by atoms with Gasteiger partial charge in [0.25, 0.3) is 0 Å². The maximum absolute atomic E-state index is 6.55. The van der Waals surface area contributed by atoms with Crippen molar-refractivity contribution in [1.29, 1.82) is 0 Å². The van der Waals surface area contributed by atoms with Gasteiger partial charge in [0, 0.05) is 6.04 Å². The molecule has 1 saturated carbocycles. The molecule has 1 aromatic carbocycles. The van der Waals surface area contributed by atoms with Crippen LogP contribution in [0.2, 0.25) is 0 Å². The lowest BCUT2D eigenvalue weighted by Gasteiger charge is -2.31. The summed E-state index contributed by atoms with van der Waals surface area (Å²) in [5.41, 5.74) is 11.1. The van der Waals surface area contributed by atoms with E-state index >= 15 is 0 Å². The van der Waals surface area contributed by atoms with Gasteiger partial charge in [-0.05, 0) is 67.1 Å². The molecule has 0 saturated heterocycles. The molecule has 0 aromatic heterocycles. The van der Waals surface area contributed by atoms with E-state index in [1.54, 1.807) is 11.1 Å². The fraction of sp³-hybridized carbons (Fsp3) is 0.667. The quantitative estimate of drug-likeness (QED) is 0.835. The SMILES string of the molecule is CC1CCC(C(N)c2ccc3c(c2)CCCC3)CC1. The van der Waals surface area contributed by atoms with Gasteiger partial charge < -0.3 is 5.73 Å². The molecule has 0 amide bonds. The van der Waals surface area contributed by atoms with E-state index in [4.69, 9.17) is 5.73 Å². The molecule has 2 N–H and O–H groups in total. The minimum atomic E-state index is 0.264. The Hall–Kier alpha value is -0.820. The molecule has 0 spiro atoms. The lowest BCUT2D eigenvalue weighted by Crippen LogP contribution is -2.25. The van der Waals surface area contributed by atoms with E-state index < -0.39 is 0 Å². The first-order valence-electron chi connectivity index (χ1n) is 8.11. The van der Waals surface area contributed by atoms with Crippen LogP contribution < -0.4 is 5.73 Å². The predicted molar refractivity (Wildman–Crippen MR) is 81.1 cm³/mol. The highest BCUT2D eigenvalue weighted by atomic mass is 14.7. The predicted octanol–water partition coefficient (Wildman–Crippen LogP) is 4.39. The number of nitrogens with two attached hydrogens (primary N) is 1. The van der Waals surface area contributed by atoms with Crippen molar-refractivity contribution < 1.29 is 0 Å². The monoisotopic (exact) mass is 257 g/mol. The van der Waals surface area contributed by atoms with Crippen LogP contribution in [0.4, 0.5) is 0 Å². The summed E-state index contributed by atoms with van der Waals surface area (Å²) >= 11 is 0. The Balaban J connectivity index is 1.74. The summed E-state index contributed by atoms with van der Waals surface area (Å²) in [5, 5.41) is 0. The molecule has 1 aromatic rings. The van der Waals surface area contributed by atoms with E-state index in [9.17, 15) is 0 Å². The standard InChI is InChI=1S/C18H27N/c1-13-6-8-15(9-7-13)18(19)17-11-10-14-4-2-3-5-16(14)12-17/h10-13,15,18H,2-9,19H2,1H3. The lowest BCUT2D eigenvalue weighted by molar-refractivity contribution is 0.256. The zero-order valence-corrected chi connectivity index (χ0v) is 12.2. The Morgan fingerprint density at radius 1 is 1.00 bits per heavy atom. The van der Waals surface area contributed by atoms with Crippen LogP contribution >= 0.6 is 0 Å². The van der Waals surface area contributed by atoms with Gasteiger partial charge in [0.2, 0.25) is 0 Å². The van der Waals surface area contributed by atoms with Crippen molar-refractivity contribution in [3.63, 3.8) is 0 Å². The molecular formula is C18H27N. The van der Waals surface area contributed by atoms with Gasteiger partial charge in [-0.1, -0.05) is 38.0 Å². The van der Waals surface area contributed by atoms with E-state index in [-0.39, 0.29) is 6.04 Å². The normalized spacial score (nSPS) is 28.7. The van der Waals surface area contributed by atoms with Gasteiger partial charge >= 0.3 is 0 Å². The fourth-order valence-corrected chi connectivity index (χ4v) is 3.88. The number of hydrogen-bond acceptors (Lipinski definition) is 1. The number of hydrogen-bond donors (Lipinski definition) is 1. The highest BCUT2D eigenvalue weighted by Crippen LogP contribution is 2.36. The Kier molecular flexibility index (Phi) is 3.93. The maximum atomic E-state index is 6.55. The van der Waals surface area contributed by atoms with Gasteiger partial charge in [-0.25, -0.2) is 0 Å². The second-order valence-electron chi connectivity index (χ2n) is 6.78. The third kappa shape index (κ3) is 2.86. The van der Waals surface area contributed by atoms with Crippen LogP contribution in [0.5, 0.6) is 0 Å². The van der Waals surface area contributed by atoms with Crippen molar-refractivity contribution in [3.8, 4) is 0 Å². The molecule has 0 radical (unpaired) electrons. The highest BCUT2D eigenvalue weighted by molar-refractivity contribution is 5.35. The molecule has 1 unspecified atom stereocenters. The fourth-order valence-electron chi connectivity index (χ4n) is 3.88. The summed E-state index contributed by atoms with van der Waals surface area (Å²) in [5.74, 6) is 1.62.